The molecule has 2 aromatic heterocycles. The lowest BCUT2D eigenvalue weighted by atomic mass is 10.00. The third-order valence-corrected chi connectivity index (χ3v) is 4.54. The summed E-state index contributed by atoms with van der Waals surface area (Å²) in [7, 11) is 3.35. The number of methoxy groups -OCH3 is 2. The average Bonchev–Trinajstić information content (AvgIpc) is 3.01. The van der Waals surface area contributed by atoms with Gasteiger partial charge in [-0.3, -0.25) is 0 Å². The fraction of sp³-hybridized carbons (Fsp3) is 0.350. The number of aryl methyl sites for hydroxylation is 2. The van der Waals surface area contributed by atoms with E-state index in [1.807, 2.05) is 18.2 Å². The Labute approximate surface area is 148 Å². The highest BCUT2D eigenvalue weighted by atomic mass is 16.5. The van der Waals surface area contributed by atoms with Crippen LogP contribution in [-0.4, -0.2) is 30.7 Å². The molecular weight excluding hydrogens is 314 g/mol. The van der Waals surface area contributed by atoms with Crippen molar-refractivity contribution in [3.63, 3.8) is 0 Å². The Morgan fingerprint density at radius 1 is 1.16 bits per heavy atom. The van der Waals surface area contributed by atoms with Crippen LogP contribution in [0, 0.1) is 6.92 Å². The molecular formula is C20H25N3O2. The molecule has 0 bridgehead atoms. The minimum atomic E-state index is 0.624. The van der Waals surface area contributed by atoms with Gasteiger partial charge in [0.05, 0.1) is 25.5 Å². The first kappa shape index (κ1) is 17.3. The lowest BCUT2D eigenvalue weighted by molar-refractivity contribution is 0.399. The number of unbranched alkanes of at least 4 members (excludes halogenated alkanes) is 1. The van der Waals surface area contributed by atoms with Gasteiger partial charge in [-0.15, -0.1) is 0 Å². The Morgan fingerprint density at radius 2 is 2.00 bits per heavy atom. The fourth-order valence-electron chi connectivity index (χ4n) is 3.29. The second-order valence-corrected chi connectivity index (χ2v) is 6.15. The number of nitrogens with two attached hydrogens (primary N) is 1. The van der Waals surface area contributed by atoms with Crippen LogP contribution >= 0.6 is 0 Å². The quantitative estimate of drug-likeness (QED) is 0.642. The minimum Gasteiger partial charge on any atom is -0.497 e. The van der Waals surface area contributed by atoms with Gasteiger partial charge in [-0.05, 0) is 68.1 Å². The fourth-order valence-corrected chi connectivity index (χ4v) is 3.29. The monoisotopic (exact) mass is 339 g/mol. The van der Waals surface area contributed by atoms with Gasteiger partial charge in [-0.25, -0.2) is 4.98 Å². The van der Waals surface area contributed by atoms with E-state index in [9.17, 15) is 0 Å². The molecule has 132 valence electrons. The maximum Gasteiger partial charge on any atom is 0.222 e. The second kappa shape index (κ2) is 7.57. The summed E-state index contributed by atoms with van der Waals surface area (Å²) in [6.45, 7) is 2.80. The zero-order chi connectivity index (χ0) is 17.8. The molecule has 5 nitrogen and oxygen atoms in total. The highest BCUT2D eigenvalue weighted by Crippen LogP contribution is 2.38. The standard InChI is InChI=1S/C20H25N3O2/c1-13-11-14(24-2)12-17-15(7-4-5-9-21)19(23-18(13)17)16-8-6-10-22-20(16)25-3/h6,8,10-12,23H,4-5,7,9,21H2,1-3H3. The molecule has 3 aromatic rings. The summed E-state index contributed by atoms with van der Waals surface area (Å²) < 4.78 is 10.9. The molecule has 0 saturated carbocycles. The summed E-state index contributed by atoms with van der Waals surface area (Å²) >= 11 is 0. The second-order valence-electron chi connectivity index (χ2n) is 6.15. The van der Waals surface area contributed by atoms with Crippen molar-refractivity contribution in [1.29, 1.82) is 0 Å². The molecule has 0 aliphatic heterocycles. The number of hydrogen-bond donors (Lipinski definition) is 2. The van der Waals surface area contributed by atoms with Crippen LogP contribution in [0.2, 0.25) is 0 Å². The van der Waals surface area contributed by atoms with Gasteiger partial charge in [-0.1, -0.05) is 0 Å². The number of nitrogens with one attached hydrogen (secondary N) is 1. The van der Waals surface area contributed by atoms with Crippen molar-refractivity contribution in [2.24, 2.45) is 5.73 Å². The van der Waals surface area contributed by atoms with Gasteiger partial charge >= 0.3 is 0 Å². The summed E-state index contributed by atoms with van der Waals surface area (Å²) in [5, 5.41) is 1.19. The molecule has 0 aliphatic carbocycles. The Hall–Kier alpha value is -2.53. The van der Waals surface area contributed by atoms with E-state index in [2.05, 4.69) is 23.0 Å². The maximum atomic E-state index is 5.69. The van der Waals surface area contributed by atoms with Crippen molar-refractivity contribution >= 4 is 10.9 Å². The van der Waals surface area contributed by atoms with Gasteiger partial charge in [-0.2, -0.15) is 0 Å². The molecule has 0 unspecified atom stereocenters. The number of aromatic amines is 1. The Bertz CT molecular complexity index is 871. The molecule has 0 atom stereocenters. The van der Waals surface area contributed by atoms with Gasteiger partial charge in [0, 0.05) is 17.1 Å². The summed E-state index contributed by atoms with van der Waals surface area (Å²) in [6, 6.07) is 8.12. The number of ether oxygens (including phenoxy) is 2. The SMILES string of the molecule is COc1cc(C)c2[nH]c(-c3cccnc3OC)c(CCCCN)c2c1. The zero-order valence-electron chi connectivity index (χ0n) is 15.1. The molecule has 2 heterocycles. The lowest BCUT2D eigenvalue weighted by Crippen LogP contribution is -2.00. The third kappa shape index (κ3) is 3.33. The molecule has 0 spiro atoms. The molecule has 3 rings (SSSR count). The number of nitrogens with zero attached hydrogens (tertiary/aromatic N) is 1. The van der Waals surface area contributed by atoms with Crippen LogP contribution in [0.4, 0.5) is 0 Å². The number of benzene rings is 1. The molecule has 3 N–H and O–H groups in total. The Morgan fingerprint density at radius 3 is 2.72 bits per heavy atom. The van der Waals surface area contributed by atoms with Crippen molar-refractivity contribution in [3.8, 4) is 22.9 Å². The molecule has 25 heavy (non-hydrogen) atoms. The maximum absolute atomic E-state index is 5.69. The minimum absolute atomic E-state index is 0.624. The van der Waals surface area contributed by atoms with Crippen molar-refractivity contribution in [2.75, 3.05) is 20.8 Å². The van der Waals surface area contributed by atoms with Crippen LogP contribution < -0.4 is 15.2 Å². The van der Waals surface area contributed by atoms with Crippen LogP contribution in [0.1, 0.15) is 24.0 Å². The summed E-state index contributed by atoms with van der Waals surface area (Å²) in [5.41, 5.74) is 11.3. The van der Waals surface area contributed by atoms with Crippen LogP contribution in [0.25, 0.3) is 22.2 Å². The summed E-state index contributed by atoms with van der Waals surface area (Å²) in [4.78, 5) is 7.95. The van der Waals surface area contributed by atoms with Crippen molar-refractivity contribution in [2.45, 2.75) is 26.2 Å². The Balaban J connectivity index is 2.22. The van der Waals surface area contributed by atoms with Crippen LogP contribution in [0.3, 0.4) is 0 Å². The predicted octanol–water partition coefficient (Wildman–Crippen LogP) is 3.84. The smallest absolute Gasteiger partial charge is 0.222 e. The summed E-state index contributed by atoms with van der Waals surface area (Å²) in [5.74, 6) is 1.49. The number of pyridine rings is 1. The van der Waals surface area contributed by atoms with E-state index in [1.165, 1.54) is 10.9 Å². The van der Waals surface area contributed by atoms with Crippen molar-refractivity contribution in [3.05, 3.63) is 41.6 Å². The predicted molar refractivity (Wildman–Crippen MR) is 101 cm³/mol. The third-order valence-electron chi connectivity index (χ3n) is 4.54. The molecule has 0 fully saturated rings. The molecule has 1 aromatic carbocycles. The first-order valence-corrected chi connectivity index (χ1v) is 8.58. The van der Waals surface area contributed by atoms with Gasteiger partial charge in [0.1, 0.15) is 5.75 Å². The molecule has 0 saturated heterocycles. The molecule has 5 heteroatoms. The highest BCUT2D eigenvalue weighted by Gasteiger charge is 2.18. The zero-order valence-corrected chi connectivity index (χ0v) is 15.1. The van der Waals surface area contributed by atoms with E-state index in [-0.39, 0.29) is 0 Å². The number of fused-ring (bicyclic) bond motifs is 1. The molecule has 0 radical (unpaired) electrons. The van der Waals surface area contributed by atoms with Gasteiger partial charge < -0.3 is 20.2 Å². The van der Waals surface area contributed by atoms with Gasteiger partial charge in [0.2, 0.25) is 5.88 Å². The number of rotatable bonds is 7. The lowest BCUT2D eigenvalue weighted by Gasteiger charge is -2.09. The first-order valence-electron chi connectivity index (χ1n) is 8.58. The number of H-pyrrole nitrogens is 1. The van der Waals surface area contributed by atoms with E-state index in [4.69, 9.17) is 15.2 Å². The van der Waals surface area contributed by atoms with E-state index in [1.54, 1.807) is 20.4 Å². The van der Waals surface area contributed by atoms with E-state index >= 15 is 0 Å². The van der Waals surface area contributed by atoms with E-state index in [0.717, 1.165) is 47.3 Å². The Kier molecular flexibility index (Phi) is 5.24. The first-order chi connectivity index (χ1) is 12.2. The number of hydrogen-bond acceptors (Lipinski definition) is 4. The van der Waals surface area contributed by atoms with Crippen LogP contribution in [0.5, 0.6) is 11.6 Å². The normalized spacial score (nSPS) is 11.0. The highest BCUT2D eigenvalue weighted by molar-refractivity contribution is 5.94. The van der Waals surface area contributed by atoms with Crippen molar-refractivity contribution < 1.29 is 9.47 Å². The van der Waals surface area contributed by atoms with Gasteiger partial charge in [0.25, 0.3) is 0 Å². The molecule has 0 aliphatic rings. The van der Waals surface area contributed by atoms with E-state index in [0.29, 0.717) is 12.4 Å². The van der Waals surface area contributed by atoms with Gasteiger partial charge in [0.15, 0.2) is 0 Å². The number of aromatic nitrogens is 2. The largest absolute Gasteiger partial charge is 0.497 e. The van der Waals surface area contributed by atoms with Crippen LogP contribution in [-0.2, 0) is 6.42 Å². The van der Waals surface area contributed by atoms with Crippen molar-refractivity contribution in [1.82, 2.24) is 9.97 Å². The molecule has 0 amide bonds. The summed E-state index contributed by atoms with van der Waals surface area (Å²) in [6.07, 6.45) is 4.72. The van der Waals surface area contributed by atoms with Crippen LogP contribution in [0.15, 0.2) is 30.5 Å². The topological polar surface area (TPSA) is 73.2 Å². The average molecular weight is 339 g/mol. The van der Waals surface area contributed by atoms with E-state index < -0.39 is 0 Å².